The summed E-state index contributed by atoms with van der Waals surface area (Å²) in [5, 5.41) is 3.17. The first kappa shape index (κ1) is 39.0. The van der Waals surface area contributed by atoms with Gasteiger partial charge in [0.1, 0.15) is 24.0 Å². The van der Waals surface area contributed by atoms with Crippen molar-refractivity contribution in [2.45, 2.75) is 90.4 Å². The Hall–Kier alpha value is -3.78. The minimum atomic E-state index is -0.291. The van der Waals surface area contributed by atoms with Crippen LogP contribution >= 0.6 is 0 Å². The van der Waals surface area contributed by atoms with Crippen molar-refractivity contribution in [3.05, 3.63) is 100 Å². The predicted octanol–water partition coefficient (Wildman–Crippen LogP) is 8.47. The van der Waals surface area contributed by atoms with Gasteiger partial charge in [0.05, 0.1) is 0 Å². The quantitative estimate of drug-likeness (QED) is 0.173. The van der Waals surface area contributed by atoms with Crippen LogP contribution in [-0.4, -0.2) is 68.5 Å². The van der Waals surface area contributed by atoms with Crippen molar-refractivity contribution in [1.29, 1.82) is 0 Å². The number of nitrogens with zero attached hydrogens (tertiary/aromatic N) is 2. The normalized spacial score (nSPS) is 15.2. The third-order valence-electron chi connectivity index (χ3n) is 9.62. The number of benzene rings is 3. The van der Waals surface area contributed by atoms with Gasteiger partial charge in [0, 0.05) is 55.2 Å². The van der Waals surface area contributed by atoms with Crippen molar-refractivity contribution >= 4 is 11.8 Å². The third-order valence-corrected chi connectivity index (χ3v) is 9.62. The summed E-state index contributed by atoms with van der Waals surface area (Å²) >= 11 is 0. The number of hydrogen-bond donors (Lipinski definition) is 1. The lowest BCUT2D eigenvalue weighted by atomic mass is 9.78. The van der Waals surface area contributed by atoms with E-state index in [4.69, 9.17) is 4.74 Å². The molecule has 3 aromatic rings. The first-order valence-electron chi connectivity index (χ1n) is 18.1. The number of hydrogen-bond acceptors (Lipinski definition) is 4. The Balaban J connectivity index is 1.32. The van der Waals surface area contributed by atoms with E-state index in [1.807, 2.05) is 31.1 Å². The van der Waals surface area contributed by atoms with Gasteiger partial charge >= 0.3 is 0 Å². The molecule has 0 aromatic heterocycles. The molecular formula is C42H57F2N3O3. The Kier molecular flexibility index (Phi) is 13.2. The number of amides is 2. The molecule has 1 atom stereocenters. The van der Waals surface area contributed by atoms with Gasteiger partial charge in [-0.25, -0.2) is 8.78 Å². The third kappa shape index (κ3) is 10.9. The molecule has 3 aromatic carbocycles. The van der Waals surface area contributed by atoms with Crippen LogP contribution in [0.4, 0.5) is 8.78 Å². The summed E-state index contributed by atoms with van der Waals surface area (Å²) in [7, 11) is 4.05. The van der Waals surface area contributed by atoms with E-state index in [2.05, 4.69) is 51.8 Å². The number of rotatable bonds is 14. The van der Waals surface area contributed by atoms with Crippen LogP contribution in [-0.2, 0) is 15.6 Å². The number of carbonyl (C=O) groups is 2. The Morgan fingerprint density at radius 3 is 1.92 bits per heavy atom. The van der Waals surface area contributed by atoms with E-state index >= 15 is 0 Å². The van der Waals surface area contributed by atoms with E-state index < -0.39 is 0 Å². The van der Waals surface area contributed by atoms with Crippen LogP contribution < -0.4 is 10.1 Å². The van der Waals surface area contributed by atoms with Gasteiger partial charge in [0.2, 0.25) is 5.91 Å². The minimum Gasteiger partial charge on any atom is -0.492 e. The molecule has 8 heteroatoms. The Morgan fingerprint density at radius 1 is 0.880 bits per heavy atom. The first-order chi connectivity index (χ1) is 23.5. The lowest BCUT2D eigenvalue weighted by Crippen LogP contribution is -2.33. The van der Waals surface area contributed by atoms with Crippen molar-refractivity contribution in [1.82, 2.24) is 15.1 Å². The Bertz CT molecular complexity index is 1490. The van der Waals surface area contributed by atoms with Crippen LogP contribution in [0.1, 0.15) is 112 Å². The topological polar surface area (TPSA) is 61.9 Å². The van der Waals surface area contributed by atoms with E-state index in [1.165, 1.54) is 24.3 Å². The SMILES string of the molecule is CN(C)CCOc1c(C(C)(C)C)cc(C(=O)NCC2CCN(C(=O)CCCCC(c3ccc(F)cc3)c3ccc(F)cc3)C2)cc1C(C)(C)C. The summed E-state index contributed by atoms with van der Waals surface area (Å²) in [5.41, 5.74) is 4.17. The van der Waals surface area contributed by atoms with Gasteiger partial charge in [0.15, 0.2) is 0 Å². The molecule has 0 saturated carbocycles. The maximum absolute atomic E-state index is 13.6. The molecule has 6 nitrogen and oxygen atoms in total. The molecule has 0 spiro atoms. The van der Waals surface area contributed by atoms with Crippen LogP contribution in [0, 0.1) is 17.6 Å². The fraction of sp³-hybridized carbons (Fsp3) is 0.524. The molecule has 1 aliphatic rings. The largest absolute Gasteiger partial charge is 0.492 e. The van der Waals surface area contributed by atoms with Gasteiger partial charge in [-0.05, 0) is 97.6 Å². The van der Waals surface area contributed by atoms with Gasteiger partial charge < -0.3 is 19.9 Å². The molecule has 50 heavy (non-hydrogen) atoms. The summed E-state index contributed by atoms with van der Waals surface area (Å²) in [6.07, 6.45) is 3.62. The van der Waals surface area contributed by atoms with Gasteiger partial charge in [0.25, 0.3) is 5.91 Å². The van der Waals surface area contributed by atoms with Crippen molar-refractivity contribution in [3.8, 4) is 5.75 Å². The van der Waals surface area contributed by atoms with Crippen LogP contribution in [0.3, 0.4) is 0 Å². The molecule has 0 radical (unpaired) electrons. The highest BCUT2D eigenvalue weighted by atomic mass is 19.1. The van der Waals surface area contributed by atoms with Crippen LogP contribution in [0.25, 0.3) is 0 Å². The number of likely N-dealkylation sites (tertiary alicyclic amines) is 1. The average Bonchev–Trinajstić information content (AvgIpc) is 3.53. The van der Waals surface area contributed by atoms with Crippen molar-refractivity contribution in [2.75, 3.05) is 46.9 Å². The van der Waals surface area contributed by atoms with Crippen LogP contribution in [0.5, 0.6) is 5.75 Å². The summed E-state index contributed by atoms with van der Waals surface area (Å²) in [6.45, 7) is 16.1. The zero-order valence-corrected chi connectivity index (χ0v) is 31.4. The second kappa shape index (κ2) is 17.0. The van der Waals surface area contributed by atoms with Crippen LogP contribution in [0.2, 0.25) is 0 Å². The highest BCUT2D eigenvalue weighted by Crippen LogP contribution is 2.41. The standard InChI is InChI=1S/C42H57F2N3O3/c1-41(2,3)36-25-32(26-37(42(4,5)6)39(36)50-24-23-46(7)8)40(49)45-27-29-21-22-47(28-29)38(48)12-10-9-11-35(30-13-17-33(43)18-14-30)31-15-19-34(44)20-16-31/h13-20,25-26,29,35H,9-12,21-24,27-28H2,1-8H3,(H,45,49). The lowest BCUT2D eigenvalue weighted by molar-refractivity contribution is -0.130. The minimum absolute atomic E-state index is 0.00293. The fourth-order valence-electron chi connectivity index (χ4n) is 6.62. The van der Waals surface area contributed by atoms with Crippen molar-refractivity contribution in [3.63, 3.8) is 0 Å². The smallest absolute Gasteiger partial charge is 0.251 e. The van der Waals surface area contributed by atoms with E-state index in [9.17, 15) is 18.4 Å². The lowest BCUT2D eigenvalue weighted by Gasteiger charge is -2.31. The number of unbranched alkanes of at least 4 members (excludes halogenated alkanes) is 1. The maximum Gasteiger partial charge on any atom is 0.251 e. The predicted molar refractivity (Wildman–Crippen MR) is 198 cm³/mol. The molecule has 0 aliphatic carbocycles. The summed E-state index contributed by atoms with van der Waals surface area (Å²) < 4.78 is 33.6. The molecule has 2 amide bonds. The fourth-order valence-corrected chi connectivity index (χ4v) is 6.62. The number of halogens is 2. The second-order valence-corrected chi connectivity index (χ2v) is 16.2. The second-order valence-electron chi connectivity index (χ2n) is 16.2. The van der Waals surface area contributed by atoms with Gasteiger partial charge in [-0.1, -0.05) is 72.2 Å². The Morgan fingerprint density at radius 2 is 1.42 bits per heavy atom. The number of carbonyl (C=O) groups excluding carboxylic acids is 2. The molecular weight excluding hydrogens is 632 g/mol. The number of ether oxygens (including phenoxy) is 1. The molecule has 0 bridgehead atoms. The van der Waals surface area contributed by atoms with Crippen molar-refractivity contribution < 1.29 is 23.1 Å². The zero-order chi connectivity index (χ0) is 36.6. The molecule has 1 heterocycles. The van der Waals surface area contributed by atoms with E-state index in [-0.39, 0.29) is 46.1 Å². The molecule has 1 unspecified atom stereocenters. The van der Waals surface area contributed by atoms with Crippen LogP contribution in [0.15, 0.2) is 60.7 Å². The Labute approximate surface area is 298 Å². The monoisotopic (exact) mass is 689 g/mol. The van der Waals surface area contributed by atoms with Gasteiger partial charge in [-0.2, -0.15) is 0 Å². The first-order valence-corrected chi connectivity index (χ1v) is 18.1. The van der Waals surface area contributed by atoms with E-state index in [1.54, 1.807) is 24.3 Å². The van der Waals surface area contributed by atoms with E-state index in [0.29, 0.717) is 38.2 Å². The molecule has 1 aliphatic heterocycles. The average molecular weight is 690 g/mol. The zero-order valence-electron chi connectivity index (χ0n) is 31.4. The highest BCUT2D eigenvalue weighted by Gasteiger charge is 2.30. The number of nitrogens with one attached hydrogen (secondary N) is 1. The van der Waals surface area contributed by atoms with Crippen molar-refractivity contribution in [2.24, 2.45) is 5.92 Å². The summed E-state index contributed by atoms with van der Waals surface area (Å²) in [4.78, 5) is 30.8. The van der Waals surface area contributed by atoms with Gasteiger partial charge in [-0.3, -0.25) is 9.59 Å². The summed E-state index contributed by atoms with van der Waals surface area (Å²) in [6, 6.07) is 16.9. The van der Waals surface area contributed by atoms with Gasteiger partial charge in [-0.15, -0.1) is 0 Å². The molecule has 1 fully saturated rings. The van der Waals surface area contributed by atoms with E-state index in [0.717, 1.165) is 60.2 Å². The molecule has 1 N–H and O–H groups in total. The molecule has 272 valence electrons. The maximum atomic E-state index is 13.6. The highest BCUT2D eigenvalue weighted by molar-refractivity contribution is 5.95. The number of likely N-dealkylation sites (N-methyl/N-ethyl adjacent to an activating group) is 1. The molecule has 1 saturated heterocycles. The molecule has 4 rings (SSSR count). The summed E-state index contributed by atoms with van der Waals surface area (Å²) in [5.74, 6) is 0.505.